The van der Waals surface area contributed by atoms with Crippen LogP contribution in [-0.2, 0) is 0 Å². The highest BCUT2D eigenvalue weighted by atomic mass is 127. The maximum atomic E-state index is 13.7. The number of primary amides is 1. The Balaban J connectivity index is 1.72. The Morgan fingerprint density at radius 1 is 1.27 bits per heavy atom. The minimum atomic E-state index is -4.43. The highest BCUT2D eigenvalue weighted by molar-refractivity contribution is 14.1. The molecule has 1 aromatic carbocycles. The summed E-state index contributed by atoms with van der Waals surface area (Å²) in [7, 11) is 0. The number of carbonyl (C=O) groups is 1. The number of nitrogens with zero attached hydrogens (tertiary/aromatic N) is 2. The molecule has 3 aromatic heterocycles. The van der Waals surface area contributed by atoms with Gasteiger partial charge in [0.25, 0.3) is 5.91 Å². The third-order valence-electron chi connectivity index (χ3n) is 5.75. The van der Waals surface area contributed by atoms with Crippen molar-refractivity contribution >= 4 is 62.1 Å². The molecule has 5 rings (SSSR count). The number of rotatable bonds is 5. The zero-order valence-electron chi connectivity index (χ0n) is 16.9. The molecule has 7 N–H and O–H groups in total. The van der Waals surface area contributed by atoms with E-state index >= 15 is 0 Å². The number of hydrogen-bond donors (Lipinski definition) is 4. The standard InChI is InChI=1S/C21H17F3IN7O/c22-21(23,24)17(8-1-2-8)32-19-15-11-3-13(25)10(9-5-29-20(27)30-6-9)4-14(11)31-16(15)12(7-28-19)18(26)33/h3-8,17,31H,1-2H2,(H2,26,33)(H,28,32)(H2,27,29,30)/p+1/t17-/m1/s1. The first-order valence-corrected chi connectivity index (χ1v) is 11.1. The SMILES string of the molecule is NC(=O)c1cnc(N[C@H](C2CC2)C(F)(F)F)c2c1[nH]c1cc(-c3cnc(N)[nH+]c3)c(I)cc12. The van der Waals surface area contributed by atoms with E-state index < -0.39 is 24.0 Å². The fraction of sp³-hybridized carbons (Fsp3) is 0.238. The van der Waals surface area contributed by atoms with Gasteiger partial charge in [-0.05, 0) is 53.5 Å². The number of alkyl halides is 3. The zero-order valence-corrected chi connectivity index (χ0v) is 19.1. The fourth-order valence-corrected chi connectivity index (χ4v) is 4.77. The first-order chi connectivity index (χ1) is 15.6. The van der Waals surface area contributed by atoms with Crippen molar-refractivity contribution in [1.82, 2.24) is 15.0 Å². The van der Waals surface area contributed by atoms with Gasteiger partial charge in [0.05, 0.1) is 22.7 Å². The Labute approximate surface area is 198 Å². The maximum Gasteiger partial charge on any atom is 0.408 e. The first kappa shape index (κ1) is 21.7. The van der Waals surface area contributed by atoms with Gasteiger partial charge in [-0.3, -0.25) is 10.5 Å². The molecule has 8 nitrogen and oxygen atoms in total. The van der Waals surface area contributed by atoms with Crippen molar-refractivity contribution < 1.29 is 22.9 Å². The highest BCUT2D eigenvalue weighted by Gasteiger charge is 2.49. The molecule has 0 aliphatic heterocycles. The minimum Gasteiger partial charge on any atom is -0.365 e. The van der Waals surface area contributed by atoms with Gasteiger partial charge in [0, 0.05) is 31.8 Å². The second-order valence-corrected chi connectivity index (χ2v) is 9.19. The molecule has 1 aliphatic rings. The van der Waals surface area contributed by atoms with Crippen LogP contribution in [0.2, 0.25) is 0 Å². The number of nitrogens with two attached hydrogens (primary N) is 2. The molecule has 4 aromatic rings. The lowest BCUT2D eigenvalue weighted by molar-refractivity contribution is -0.363. The molecule has 1 saturated carbocycles. The number of aromatic nitrogens is 4. The van der Waals surface area contributed by atoms with Crippen LogP contribution in [0.1, 0.15) is 23.2 Å². The maximum absolute atomic E-state index is 13.7. The molecule has 1 aliphatic carbocycles. The van der Waals surface area contributed by atoms with Crippen LogP contribution in [0.4, 0.5) is 24.9 Å². The number of H-pyrrole nitrogens is 2. The topological polar surface area (TPSA) is 137 Å². The van der Waals surface area contributed by atoms with Crippen LogP contribution >= 0.6 is 22.6 Å². The third kappa shape index (κ3) is 3.92. The van der Waals surface area contributed by atoms with E-state index in [1.54, 1.807) is 12.4 Å². The molecular formula is C21H18F3IN7O+. The minimum absolute atomic E-state index is 0.0570. The number of pyridine rings is 1. The summed E-state index contributed by atoms with van der Waals surface area (Å²) in [4.78, 5) is 26.3. The molecule has 170 valence electrons. The van der Waals surface area contributed by atoms with Crippen LogP contribution in [0.25, 0.3) is 32.9 Å². The van der Waals surface area contributed by atoms with Gasteiger partial charge in [-0.2, -0.15) is 13.2 Å². The van der Waals surface area contributed by atoms with Crippen LogP contribution < -0.4 is 21.8 Å². The molecule has 12 heteroatoms. The number of nitrogens with one attached hydrogen (secondary N) is 3. The Morgan fingerprint density at radius 3 is 2.64 bits per heavy atom. The Bertz CT molecular complexity index is 1400. The summed E-state index contributed by atoms with van der Waals surface area (Å²) in [6.07, 6.45) is 1.10. The van der Waals surface area contributed by atoms with E-state index in [1.807, 2.05) is 12.1 Å². The normalized spacial score (nSPS) is 15.2. The van der Waals surface area contributed by atoms with Gasteiger partial charge in [-0.25, -0.2) is 9.97 Å². The summed E-state index contributed by atoms with van der Waals surface area (Å²) in [5.41, 5.74) is 13.8. The molecule has 1 amide bonds. The van der Waals surface area contributed by atoms with Crippen LogP contribution in [0.3, 0.4) is 0 Å². The van der Waals surface area contributed by atoms with Gasteiger partial charge >= 0.3 is 12.1 Å². The van der Waals surface area contributed by atoms with Crippen molar-refractivity contribution in [2.75, 3.05) is 11.1 Å². The van der Waals surface area contributed by atoms with Crippen LogP contribution in [0, 0.1) is 9.49 Å². The number of fused-ring (bicyclic) bond motifs is 3. The average molecular weight is 568 g/mol. The number of hydrogen-bond acceptors (Lipinski definition) is 5. The lowest BCUT2D eigenvalue weighted by Gasteiger charge is -2.22. The van der Waals surface area contributed by atoms with Crippen LogP contribution in [0.15, 0.2) is 30.7 Å². The molecular weight excluding hydrogens is 550 g/mol. The molecule has 1 atom stereocenters. The molecule has 33 heavy (non-hydrogen) atoms. The quantitative estimate of drug-likeness (QED) is 0.273. The zero-order chi connectivity index (χ0) is 23.5. The van der Waals surface area contributed by atoms with E-state index in [4.69, 9.17) is 11.5 Å². The van der Waals surface area contributed by atoms with Gasteiger partial charge in [-0.15, -0.1) is 0 Å². The predicted molar refractivity (Wildman–Crippen MR) is 125 cm³/mol. The highest BCUT2D eigenvalue weighted by Crippen LogP contribution is 2.43. The Morgan fingerprint density at radius 2 is 2.03 bits per heavy atom. The van der Waals surface area contributed by atoms with Gasteiger partial charge < -0.3 is 16.0 Å². The largest absolute Gasteiger partial charge is 0.408 e. The number of amides is 1. The average Bonchev–Trinajstić information content (AvgIpc) is 3.51. The molecule has 0 bridgehead atoms. The summed E-state index contributed by atoms with van der Waals surface area (Å²) in [5.74, 6) is -0.902. The number of nitrogen functional groups attached to an aromatic ring is 1. The lowest BCUT2D eigenvalue weighted by atomic mass is 10.0. The number of anilines is 2. The molecule has 0 saturated heterocycles. The Hall–Kier alpha value is -3.16. The molecule has 0 radical (unpaired) electrons. The summed E-state index contributed by atoms with van der Waals surface area (Å²) >= 11 is 2.14. The van der Waals surface area contributed by atoms with Crippen molar-refractivity contribution in [2.45, 2.75) is 25.1 Å². The van der Waals surface area contributed by atoms with E-state index in [0.29, 0.717) is 34.6 Å². The second kappa shape index (κ2) is 7.71. The summed E-state index contributed by atoms with van der Waals surface area (Å²) in [6.45, 7) is 0. The fourth-order valence-electron chi connectivity index (χ4n) is 4.00. The summed E-state index contributed by atoms with van der Waals surface area (Å²) in [5, 5.41) is 3.62. The van der Waals surface area contributed by atoms with E-state index in [1.165, 1.54) is 6.20 Å². The molecule has 3 heterocycles. The Kier molecular flexibility index (Phi) is 5.06. The van der Waals surface area contributed by atoms with E-state index in [2.05, 4.69) is 47.8 Å². The van der Waals surface area contributed by atoms with Gasteiger partial charge in [0.1, 0.15) is 18.1 Å². The summed E-state index contributed by atoms with van der Waals surface area (Å²) in [6, 6.07) is 1.96. The molecule has 0 spiro atoms. The number of carbonyl (C=O) groups excluding carboxylic acids is 1. The number of aromatic amines is 2. The monoisotopic (exact) mass is 568 g/mol. The number of benzene rings is 1. The second-order valence-electron chi connectivity index (χ2n) is 8.03. The van der Waals surface area contributed by atoms with Crippen LogP contribution in [-0.4, -0.2) is 33.1 Å². The third-order valence-corrected chi connectivity index (χ3v) is 6.64. The molecule has 1 fully saturated rings. The smallest absolute Gasteiger partial charge is 0.365 e. The van der Waals surface area contributed by atoms with Gasteiger partial charge in [0.15, 0.2) is 0 Å². The van der Waals surface area contributed by atoms with Gasteiger partial charge in [-0.1, -0.05) is 4.98 Å². The first-order valence-electron chi connectivity index (χ1n) is 10.0. The van der Waals surface area contributed by atoms with Crippen LogP contribution in [0.5, 0.6) is 0 Å². The van der Waals surface area contributed by atoms with Crippen molar-refractivity contribution in [3.8, 4) is 11.1 Å². The van der Waals surface area contributed by atoms with E-state index in [-0.39, 0.29) is 17.3 Å². The van der Waals surface area contributed by atoms with Crippen molar-refractivity contribution in [3.63, 3.8) is 0 Å². The molecule has 0 unspecified atom stereocenters. The predicted octanol–water partition coefficient (Wildman–Crippen LogP) is 3.63. The lowest BCUT2D eigenvalue weighted by Crippen LogP contribution is -2.38. The van der Waals surface area contributed by atoms with Crippen molar-refractivity contribution in [2.24, 2.45) is 11.7 Å². The van der Waals surface area contributed by atoms with E-state index in [0.717, 1.165) is 14.7 Å². The number of halogens is 4. The van der Waals surface area contributed by atoms with Gasteiger partial charge in [0.2, 0.25) is 0 Å². The van der Waals surface area contributed by atoms with Crippen molar-refractivity contribution in [1.29, 1.82) is 0 Å². The summed E-state index contributed by atoms with van der Waals surface area (Å²) < 4.78 is 41.9. The van der Waals surface area contributed by atoms with Crippen molar-refractivity contribution in [3.05, 3.63) is 39.9 Å². The van der Waals surface area contributed by atoms with E-state index in [9.17, 15) is 18.0 Å².